The summed E-state index contributed by atoms with van der Waals surface area (Å²) in [4.78, 5) is 16.6. The van der Waals surface area contributed by atoms with Crippen molar-refractivity contribution in [3.8, 4) is 0 Å². The molecule has 1 heterocycles. The van der Waals surface area contributed by atoms with E-state index in [0.29, 0.717) is 30.2 Å². The maximum Gasteiger partial charge on any atom is 0.253 e. The van der Waals surface area contributed by atoms with E-state index < -0.39 is 12.2 Å². The Hall–Kier alpha value is -1.14. The Morgan fingerprint density at radius 1 is 1.33 bits per heavy atom. The maximum absolute atomic E-state index is 12.8. The van der Waals surface area contributed by atoms with Gasteiger partial charge in [-0.05, 0) is 36.6 Å². The van der Waals surface area contributed by atoms with Gasteiger partial charge in [0, 0.05) is 43.3 Å². The molecule has 1 aromatic rings. The topological polar surface area (TPSA) is 64.0 Å². The van der Waals surface area contributed by atoms with Crippen molar-refractivity contribution in [2.24, 2.45) is 5.92 Å². The molecule has 5 nitrogen and oxygen atoms in total. The molecular formula is C18H27ClN2O3. The van der Waals surface area contributed by atoms with E-state index in [2.05, 4.69) is 13.8 Å². The number of aryl methyl sites for hydroxylation is 1. The minimum Gasteiger partial charge on any atom is -0.389 e. The van der Waals surface area contributed by atoms with Crippen LogP contribution in [0.2, 0.25) is 5.02 Å². The highest BCUT2D eigenvalue weighted by atomic mass is 35.5. The summed E-state index contributed by atoms with van der Waals surface area (Å²) in [5.74, 6) is 0.205. The fraction of sp³-hybridized carbons (Fsp3) is 0.611. The average Bonchev–Trinajstić information content (AvgIpc) is 2.84. The summed E-state index contributed by atoms with van der Waals surface area (Å²) in [5, 5.41) is 20.1. The summed E-state index contributed by atoms with van der Waals surface area (Å²) < 4.78 is 0. The molecule has 24 heavy (non-hydrogen) atoms. The molecule has 0 saturated carbocycles. The summed E-state index contributed by atoms with van der Waals surface area (Å²) in [6, 6.07) is 5.29. The monoisotopic (exact) mass is 354 g/mol. The number of aliphatic hydroxyl groups excluding tert-OH is 2. The van der Waals surface area contributed by atoms with E-state index in [-0.39, 0.29) is 17.9 Å². The van der Waals surface area contributed by atoms with Gasteiger partial charge in [0.25, 0.3) is 5.91 Å². The van der Waals surface area contributed by atoms with Crippen molar-refractivity contribution in [2.75, 3.05) is 26.7 Å². The highest BCUT2D eigenvalue weighted by Crippen LogP contribution is 2.21. The molecule has 2 N–H and O–H groups in total. The zero-order valence-corrected chi connectivity index (χ0v) is 15.5. The van der Waals surface area contributed by atoms with Gasteiger partial charge >= 0.3 is 0 Å². The SMILES string of the molecule is Cc1cc(C(=O)N(C)C(CN2C[C@H](O)[C@@H](O)C2)C(C)C)ccc1Cl. The van der Waals surface area contributed by atoms with Crippen molar-refractivity contribution in [1.82, 2.24) is 9.80 Å². The number of amides is 1. The van der Waals surface area contributed by atoms with Gasteiger partial charge in [0.1, 0.15) is 0 Å². The number of likely N-dealkylation sites (N-methyl/N-ethyl adjacent to an activating group) is 1. The summed E-state index contributed by atoms with van der Waals surface area (Å²) in [5.41, 5.74) is 1.49. The van der Waals surface area contributed by atoms with Gasteiger partial charge in [0.2, 0.25) is 0 Å². The van der Waals surface area contributed by atoms with Crippen LogP contribution in [0.3, 0.4) is 0 Å². The Labute approximate surface area is 148 Å². The first-order valence-electron chi connectivity index (χ1n) is 8.32. The van der Waals surface area contributed by atoms with Gasteiger partial charge in [-0.15, -0.1) is 0 Å². The molecule has 6 heteroatoms. The van der Waals surface area contributed by atoms with Crippen molar-refractivity contribution in [1.29, 1.82) is 0 Å². The number of nitrogens with zero attached hydrogens (tertiary/aromatic N) is 2. The Balaban J connectivity index is 2.11. The Morgan fingerprint density at radius 2 is 1.92 bits per heavy atom. The van der Waals surface area contributed by atoms with E-state index in [1.54, 1.807) is 24.1 Å². The van der Waals surface area contributed by atoms with E-state index in [1.807, 2.05) is 17.9 Å². The van der Waals surface area contributed by atoms with Crippen molar-refractivity contribution in [3.05, 3.63) is 34.3 Å². The molecule has 0 radical (unpaired) electrons. The van der Waals surface area contributed by atoms with E-state index in [9.17, 15) is 15.0 Å². The van der Waals surface area contributed by atoms with Crippen LogP contribution in [0.25, 0.3) is 0 Å². The number of likely N-dealkylation sites (tertiary alicyclic amines) is 1. The van der Waals surface area contributed by atoms with Gasteiger partial charge in [-0.25, -0.2) is 0 Å². The lowest BCUT2D eigenvalue weighted by molar-refractivity contribution is 0.0572. The minimum absolute atomic E-state index is 0.00835. The van der Waals surface area contributed by atoms with Crippen LogP contribution < -0.4 is 0 Å². The van der Waals surface area contributed by atoms with Crippen LogP contribution in [0.15, 0.2) is 18.2 Å². The lowest BCUT2D eigenvalue weighted by Gasteiger charge is -2.34. The fourth-order valence-electron chi connectivity index (χ4n) is 3.17. The number of rotatable bonds is 5. The molecule has 1 fully saturated rings. The molecule has 1 aromatic carbocycles. The Morgan fingerprint density at radius 3 is 2.42 bits per heavy atom. The molecule has 1 saturated heterocycles. The van der Waals surface area contributed by atoms with Gasteiger partial charge in [0.15, 0.2) is 0 Å². The number of hydrogen-bond donors (Lipinski definition) is 2. The van der Waals surface area contributed by atoms with Crippen LogP contribution in [0.4, 0.5) is 0 Å². The smallest absolute Gasteiger partial charge is 0.253 e. The molecule has 1 aliphatic heterocycles. The predicted molar refractivity (Wildman–Crippen MR) is 95.4 cm³/mol. The summed E-state index contributed by atoms with van der Waals surface area (Å²) >= 11 is 6.04. The number of hydrogen-bond acceptors (Lipinski definition) is 4. The Bertz CT molecular complexity index is 584. The number of carbonyl (C=O) groups excluding carboxylic acids is 1. The number of carbonyl (C=O) groups is 1. The third-order valence-corrected chi connectivity index (χ3v) is 5.20. The summed E-state index contributed by atoms with van der Waals surface area (Å²) in [7, 11) is 1.81. The third-order valence-electron chi connectivity index (χ3n) is 4.77. The molecule has 0 bridgehead atoms. The van der Waals surface area contributed by atoms with Crippen LogP contribution in [0, 0.1) is 12.8 Å². The molecule has 0 spiro atoms. The van der Waals surface area contributed by atoms with Gasteiger partial charge in [-0.2, -0.15) is 0 Å². The molecule has 2 rings (SSSR count). The van der Waals surface area contributed by atoms with E-state index in [4.69, 9.17) is 11.6 Å². The van der Waals surface area contributed by atoms with Crippen LogP contribution in [0.1, 0.15) is 29.8 Å². The molecule has 1 unspecified atom stereocenters. The zero-order chi connectivity index (χ0) is 18.0. The second-order valence-corrected chi connectivity index (χ2v) is 7.45. The number of β-amino-alcohol motifs (C(OH)–C–C–N with tert-alkyl or cyclic N) is 2. The second-order valence-electron chi connectivity index (χ2n) is 7.04. The zero-order valence-electron chi connectivity index (χ0n) is 14.7. The Kier molecular flexibility index (Phi) is 6.26. The quantitative estimate of drug-likeness (QED) is 0.846. The standard InChI is InChI=1S/C18H27ClN2O3/c1-11(2)15(8-21-9-16(22)17(23)10-21)20(4)18(24)13-5-6-14(19)12(3)7-13/h5-7,11,15-17,22-23H,8-10H2,1-4H3/t15?,16-,17-/m0/s1. The van der Waals surface area contributed by atoms with Gasteiger partial charge in [-0.3, -0.25) is 9.69 Å². The molecule has 134 valence electrons. The maximum atomic E-state index is 12.8. The molecule has 1 amide bonds. The largest absolute Gasteiger partial charge is 0.389 e. The summed E-state index contributed by atoms with van der Waals surface area (Å²) in [6.45, 7) is 7.53. The van der Waals surface area contributed by atoms with Crippen LogP contribution in [0.5, 0.6) is 0 Å². The average molecular weight is 355 g/mol. The van der Waals surface area contributed by atoms with E-state index in [0.717, 1.165) is 5.56 Å². The van der Waals surface area contributed by atoms with Crippen molar-refractivity contribution in [3.63, 3.8) is 0 Å². The predicted octanol–water partition coefficient (Wildman–Crippen LogP) is 1.78. The number of aliphatic hydroxyl groups is 2. The highest BCUT2D eigenvalue weighted by Gasteiger charge is 2.33. The summed E-state index contributed by atoms with van der Waals surface area (Å²) in [6.07, 6.45) is -1.42. The first kappa shape index (κ1) is 19.2. The number of benzene rings is 1. The normalized spacial score (nSPS) is 22.8. The van der Waals surface area contributed by atoms with Gasteiger partial charge in [-0.1, -0.05) is 25.4 Å². The van der Waals surface area contributed by atoms with Crippen molar-refractivity contribution < 1.29 is 15.0 Å². The van der Waals surface area contributed by atoms with Gasteiger partial charge in [0.05, 0.1) is 12.2 Å². The van der Waals surface area contributed by atoms with Crippen LogP contribution in [-0.2, 0) is 0 Å². The third kappa shape index (κ3) is 4.28. The molecule has 0 aromatic heterocycles. The fourth-order valence-corrected chi connectivity index (χ4v) is 3.29. The lowest BCUT2D eigenvalue weighted by Crippen LogP contribution is -2.47. The second kappa shape index (κ2) is 7.83. The van der Waals surface area contributed by atoms with E-state index in [1.165, 1.54) is 0 Å². The lowest BCUT2D eigenvalue weighted by atomic mass is 10.0. The van der Waals surface area contributed by atoms with Crippen LogP contribution in [-0.4, -0.2) is 70.9 Å². The highest BCUT2D eigenvalue weighted by molar-refractivity contribution is 6.31. The van der Waals surface area contributed by atoms with Crippen molar-refractivity contribution in [2.45, 2.75) is 39.0 Å². The molecule has 0 aliphatic carbocycles. The number of halogens is 1. The first-order valence-corrected chi connectivity index (χ1v) is 8.70. The van der Waals surface area contributed by atoms with Crippen LogP contribution >= 0.6 is 11.6 Å². The van der Waals surface area contributed by atoms with E-state index >= 15 is 0 Å². The van der Waals surface area contributed by atoms with Crippen molar-refractivity contribution >= 4 is 17.5 Å². The minimum atomic E-state index is -0.710. The molecular weight excluding hydrogens is 328 g/mol. The van der Waals surface area contributed by atoms with Gasteiger partial charge < -0.3 is 15.1 Å². The molecule has 1 aliphatic rings. The first-order chi connectivity index (χ1) is 11.2. The molecule has 3 atom stereocenters.